The van der Waals surface area contributed by atoms with Gasteiger partial charge in [-0.15, -0.1) is 0 Å². The predicted octanol–water partition coefficient (Wildman–Crippen LogP) is 4.65. The van der Waals surface area contributed by atoms with Crippen LogP contribution in [0.2, 0.25) is 10.0 Å². The van der Waals surface area contributed by atoms with Gasteiger partial charge in [-0.1, -0.05) is 48.3 Å². The number of hydrogen-bond donors (Lipinski definition) is 1. The van der Waals surface area contributed by atoms with Gasteiger partial charge in [0, 0.05) is 12.1 Å². The molecular formula is C25H33Cl2N3O4S. The lowest BCUT2D eigenvalue weighted by molar-refractivity contribution is -0.140. The monoisotopic (exact) mass is 541 g/mol. The summed E-state index contributed by atoms with van der Waals surface area (Å²) in [5.74, 6) is -0.887. The largest absolute Gasteiger partial charge is 0.350 e. The Labute approximate surface area is 218 Å². The second-order valence-corrected chi connectivity index (χ2v) is 12.2. The maximum Gasteiger partial charge on any atom is 0.244 e. The Bertz CT molecular complexity index is 1160. The molecule has 35 heavy (non-hydrogen) atoms. The van der Waals surface area contributed by atoms with Crippen LogP contribution in [0.25, 0.3) is 0 Å². The van der Waals surface area contributed by atoms with Crippen molar-refractivity contribution in [1.82, 2.24) is 10.2 Å². The standard InChI is InChI=1S/C25H33Cl2N3O4S/c1-7-18-8-11-20(12-9-18)30(35(6,33)34)16-23(31)29(17(2)24(32)28-25(3,4)5)15-19-10-13-21(26)22(27)14-19/h8-14,17H,7,15-16H2,1-6H3,(H,28,32)/t17-/m1/s1. The van der Waals surface area contributed by atoms with Gasteiger partial charge < -0.3 is 10.2 Å². The average molecular weight is 543 g/mol. The molecule has 2 aromatic carbocycles. The third-order valence-corrected chi connectivity index (χ3v) is 7.19. The molecule has 7 nitrogen and oxygen atoms in total. The van der Waals surface area contributed by atoms with Crippen molar-refractivity contribution in [2.75, 3.05) is 17.1 Å². The van der Waals surface area contributed by atoms with E-state index < -0.39 is 34.1 Å². The molecule has 0 aliphatic rings. The maximum atomic E-state index is 13.5. The summed E-state index contributed by atoms with van der Waals surface area (Å²) < 4.78 is 26.3. The number of anilines is 1. The zero-order chi connectivity index (χ0) is 26.6. The number of nitrogens with zero attached hydrogens (tertiary/aromatic N) is 2. The van der Waals surface area contributed by atoms with Gasteiger partial charge >= 0.3 is 0 Å². The van der Waals surface area contributed by atoms with Crippen LogP contribution in [0.1, 0.15) is 45.7 Å². The molecule has 0 radical (unpaired) electrons. The molecule has 2 amide bonds. The van der Waals surface area contributed by atoms with Crippen molar-refractivity contribution in [3.63, 3.8) is 0 Å². The quantitative estimate of drug-likeness (QED) is 0.500. The summed E-state index contributed by atoms with van der Waals surface area (Å²) in [5.41, 5.74) is 1.56. The van der Waals surface area contributed by atoms with Crippen molar-refractivity contribution in [3.8, 4) is 0 Å². The van der Waals surface area contributed by atoms with Crippen molar-refractivity contribution in [2.45, 2.75) is 59.2 Å². The number of rotatable bonds is 9. The maximum absolute atomic E-state index is 13.5. The number of carbonyl (C=O) groups is 2. The molecule has 192 valence electrons. The lowest BCUT2D eigenvalue weighted by Crippen LogP contribution is -2.54. The topological polar surface area (TPSA) is 86.8 Å². The van der Waals surface area contributed by atoms with Crippen LogP contribution in [-0.2, 0) is 32.6 Å². The van der Waals surface area contributed by atoms with Crippen LogP contribution >= 0.6 is 23.2 Å². The lowest BCUT2D eigenvalue weighted by Gasteiger charge is -2.33. The summed E-state index contributed by atoms with van der Waals surface area (Å²) >= 11 is 12.2. The molecule has 0 fully saturated rings. The highest BCUT2D eigenvalue weighted by atomic mass is 35.5. The zero-order valence-electron chi connectivity index (χ0n) is 20.9. The molecule has 0 unspecified atom stereocenters. The number of hydrogen-bond acceptors (Lipinski definition) is 4. The van der Waals surface area contributed by atoms with Gasteiger partial charge in [0.05, 0.1) is 22.0 Å². The number of nitrogens with one attached hydrogen (secondary N) is 1. The molecule has 0 bridgehead atoms. The van der Waals surface area contributed by atoms with E-state index in [-0.39, 0.29) is 12.5 Å². The third kappa shape index (κ3) is 8.40. The SMILES string of the molecule is CCc1ccc(N(CC(=O)N(Cc2ccc(Cl)c(Cl)c2)[C@H](C)C(=O)NC(C)(C)C)S(C)(=O)=O)cc1. The van der Waals surface area contributed by atoms with Gasteiger partial charge in [-0.2, -0.15) is 0 Å². The second-order valence-electron chi connectivity index (χ2n) is 9.47. The van der Waals surface area contributed by atoms with E-state index in [9.17, 15) is 18.0 Å². The number of amides is 2. The Morgan fingerprint density at radius 1 is 1.00 bits per heavy atom. The first-order chi connectivity index (χ1) is 16.1. The Kier molecular flexibility index (Phi) is 9.62. The molecule has 0 aromatic heterocycles. The minimum Gasteiger partial charge on any atom is -0.350 e. The van der Waals surface area contributed by atoms with Gasteiger partial charge in [0.1, 0.15) is 12.6 Å². The summed E-state index contributed by atoms with van der Waals surface area (Å²) in [6, 6.07) is 11.1. The van der Waals surface area contributed by atoms with Crippen LogP contribution in [-0.4, -0.2) is 49.5 Å². The van der Waals surface area contributed by atoms with Gasteiger partial charge in [-0.25, -0.2) is 8.42 Å². The Morgan fingerprint density at radius 2 is 1.57 bits per heavy atom. The van der Waals surface area contributed by atoms with E-state index in [1.165, 1.54) is 4.90 Å². The van der Waals surface area contributed by atoms with Gasteiger partial charge in [-0.3, -0.25) is 13.9 Å². The summed E-state index contributed by atoms with van der Waals surface area (Å²) in [7, 11) is -3.78. The predicted molar refractivity (Wildman–Crippen MR) is 142 cm³/mol. The summed E-state index contributed by atoms with van der Waals surface area (Å²) in [4.78, 5) is 27.8. The van der Waals surface area contributed by atoms with Crippen LogP contribution in [0, 0.1) is 0 Å². The number of aryl methyl sites for hydroxylation is 1. The molecule has 2 aromatic rings. The fourth-order valence-corrected chi connectivity index (χ4v) is 4.57. The first-order valence-corrected chi connectivity index (χ1v) is 13.8. The van der Waals surface area contributed by atoms with Crippen LogP contribution in [0.4, 0.5) is 5.69 Å². The van der Waals surface area contributed by atoms with Gasteiger partial charge in [0.15, 0.2) is 0 Å². The van der Waals surface area contributed by atoms with Crippen LogP contribution in [0.3, 0.4) is 0 Å². The fourth-order valence-electron chi connectivity index (χ4n) is 3.40. The van der Waals surface area contributed by atoms with E-state index in [2.05, 4.69) is 5.32 Å². The molecule has 0 aliphatic heterocycles. The first-order valence-electron chi connectivity index (χ1n) is 11.2. The van der Waals surface area contributed by atoms with Crippen molar-refractivity contribution in [1.29, 1.82) is 0 Å². The minimum absolute atomic E-state index is 0.0425. The number of sulfonamides is 1. The van der Waals surface area contributed by atoms with E-state index in [1.54, 1.807) is 37.3 Å². The van der Waals surface area contributed by atoms with Crippen molar-refractivity contribution < 1.29 is 18.0 Å². The summed E-state index contributed by atoms with van der Waals surface area (Å²) in [6.45, 7) is 8.71. The van der Waals surface area contributed by atoms with Gasteiger partial charge in [0.2, 0.25) is 21.8 Å². The van der Waals surface area contributed by atoms with Crippen molar-refractivity contribution >= 4 is 50.7 Å². The van der Waals surface area contributed by atoms with Crippen LogP contribution < -0.4 is 9.62 Å². The van der Waals surface area contributed by atoms with Gasteiger partial charge in [-0.05, 0) is 69.5 Å². The van der Waals surface area contributed by atoms with E-state index >= 15 is 0 Å². The second kappa shape index (κ2) is 11.6. The highest BCUT2D eigenvalue weighted by molar-refractivity contribution is 7.92. The highest BCUT2D eigenvalue weighted by Gasteiger charge is 2.31. The van der Waals surface area contributed by atoms with Crippen LogP contribution in [0.15, 0.2) is 42.5 Å². The van der Waals surface area contributed by atoms with E-state index in [0.29, 0.717) is 21.3 Å². The summed E-state index contributed by atoms with van der Waals surface area (Å²) in [6.07, 6.45) is 1.85. The van der Waals surface area contributed by atoms with Crippen molar-refractivity contribution in [2.24, 2.45) is 0 Å². The number of halogens is 2. The Hall–Kier alpha value is -2.29. The zero-order valence-corrected chi connectivity index (χ0v) is 23.3. The molecule has 0 aliphatic carbocycles. The molecule has 0 heterocycles. The lowest BCUT2D eigenvalue weighted by atomic mass is 10.1. The molecule has 0 saturated carbocycles. The molecule has 1 atom stereocenters. The molecule has 1 N–H and O–H groups in total. The Balaban J connectivity index is 2.42. The first kappa shape index (κ1) is 28.9. The molecule has 0 saturated heterocycles. The smallest absolute Gasteiger partial charge is 0.244 e. The molecule has 0 spiro atoms. The van der Waals surface area contributed by atoms with E-state index in [4.69, 9.17) is 23.2 Å². The number of benzene rings is 2. The average Bonchev–Trinajstić information content (AvgIpc) is 2.75. The normalized spacial score (nSPS) is 12.7. The molecule has 2 rings (SSSR count). The summed E-state index contributed by atoms with van der Waals surface area (Å²) in [5, 5.41) is 3.56. The van der Waals surface area contributed by atoms with Gasteiger partial charge in [0.25, 0.3) is 0 Å². The molecular weight excluding hydrogens is 509 g/mol. The third-order valence-electron chi connectivity index (χ3n) is 5.31. The van der Waals surface area contributed by atoms with E-state index in [0.717, 1.165) is 22.5 Å². The fraction of sp³-hybridized carbons (Fsp3) is 0.440. The van der Waals surface area contributed by atoms with E-state index in [1.807, 2.05) is 39.8 Å². The van der Waals surface area contributed by atoms with Crippen LogP contribution in [0.5, 0.6) is 0 Å². The molecule has 10 heteroatoms. The minimum atomic E-state index is -3.78. The number of carbonyl (C=O) groups excluding carboxylic acids is 2. The van der Waals surface area contributed by atoms with Crippen molar-refractivity contribution in [3.05, 3.63) is 63.6 Å². The Morgan fingerprint density at radius 3 is 2.06 bits per heavy atom. The highest BCUT2D eigenvalue weighted by Crippen LogP contribution is 2.25.